The van der Waals surface area contributed by atoms with Crippen LogP contribution in [0.15, 0.2) is 10.4 Å². The third-order valence-corrected chi connectivity index (χ3v) is 7.05. The SMILES string of the molecule is CCNC(=NCc1csc(CC)n1)NC1CCCC(S(=O)CC)C1.I. The zero-order valence-electron chi connectivity index (χ0n) is 15.4. The summed E-state index contributed by atoms with van der Waals surface area (Å²) in [6.07, 6.45) is 5.30. The van der Waals surface area contributed by atoms with E-state index in [1.807, 2.05) is 6.92 Å². The first-order valence-electron chi connectivity index (χ1n) is 9.01. The van der Waals surface area contributed by atoms with Crippen LogP contribution in [0.3, 0.4) is 0 Å². The van der Waals surface area contributed by atoms with Gasteiger partial charge in [0, 0.05) is 39.8 Å². The molecule has 1 aromatic heterocycles. The highest BCUT2D eigenvalue weighted by Crippen LogP contribution is 2.23. The van der Waals surface area contributed by atoms with E-state index in [4.69, 9.17) is 0 Å². The number of hydrogen-bond donors (Lipinski definition) is 2. The Kier molecular flexibility index (Phi) is 11.2. The summed E-state index contributed by atoms with van der Waals surface area (Å²) in [5, 5.41) is 10.4. The van der Waals surface area contributed by atoms with E-state index >= 15 is 0 Å². The Morgan fingerprint density at radius 1 is 1.40 bits per heavy atom. The molecule has 0 spiro atoms. The van der Waals surface area contributed by atoms with Gasteiger partial charge in [0.1, 0.15) is 0 Å². The van der Waals surface area contributed by atoms with Gasteiger partial charge in [0.25, 0.3) is 0 Å². The number of rotatable bonds is 7. The average Bonchev–Trinajstić information content (AvgIpc) is 3.07. The number of aromatic nitrogens is 1. The molecule has 0 amide bonds. The van der Waals surface area contributed by atoms with Gasteiger partial charge in [0.05, 0.1) is 17.2 Å². The van der Waals surface area contributed by atoms with Crippen molar-refractivity contribution in [2.24, 2.45) is 4.99 Å². The molecule has 25 heavy (non-hydrogen) atoms. The number of halogens is 1. The number of hydrogen-bond acceptors (Lipinski definition) is 4. The third kappa shape index (κ3) is 7.50. The summed E-state index contributed by atoms with van der Waals surface area (Å²) in [4.78, 5) is 9.25. The summed E-state index contributed by atoms with van der Waals surface area (Å²) < 4.78 is 12.1. The van der Waals surface area contributed by atoms with Gasteiger partial charge in [0.15, 0.2) is 5.96 Å². The molecule has 2 rings (SSSR count). The Morgan fingerprint density at radius 3 is 2.84 bits per heavy atom. The predicted octanol–water partition coefficient (Wildman–Crippen LogP) is 3.46. The average molecular weight is 499 g/mol. The first kappa shape index (κ1) is 22.8. The van der Waals surface area contributed by atoms with E-state index in [9.17, 15) is 4.21 Å². The summed E-state index contributed by atoms with van der Waals surface area (Å²) in [5.41, 5.74) is 1.03. The molecule has 5 nitrogen and oxygen atoms in total. The van der Waals surface area contributed by atoms with Crippen LogP contribution in [0.2, 0.25) is 0 Å². The quantitative estimate of drug-likeness (QED) is 0.343. The van der Waals surface area contributed by atoms with E-state index in [0.29, 0.717) is 17.8 Å². The molecule has 3 unspecified atom stereocenters. The highest BCUT2D eigenvalue weighted by atomic mass is 127. The highest BCUT2D eigenvalue weighted by molar-refractivity contribution is 14.0. The fourth-order valence-electron chi connectivity index (χ4n) is 3.01. The van der Waals surface area contributed by atoms with Gasteiger partial charge in [-0.3, -0.25) is 4.21 Å². The molecule has 1 aromatic rings. The number of aryl methyl sites for hydroxylation is 1. The Labute approximate surface area is 175 Å². The van der Waals surface area contributed by atoms with Crippen LogP contribution < -0.4 is 10.6 Å². The number of nitrogens with zero attached hydrogens (tertiary/aromatic N) is 2. The van der Waals surface area contributed by atoms with Gasteiger partial charge in [-0.25, -0.2) is 9.98 Å². The minimum absolute atomic E-state index is 0. The van der Waals surface area contributed by atoms with E-state index in [1.165, 1.54) is 0 Å². The fraction of sp³-hybridized carbons (Fsp3) is 0.765. The molecule has 1 aliphatic carbocycles. The van der Waals surface area contributed by atoms with E-state index in [2.05, 4.69) is 39.8 Å². The molecule has 0 aliphatic heterocycles. The van der Waals surface area contributed by atoms with Crippen molar-refractivity contribution in [1.82, 2.24) is 15.6 Å². The maximum Gasteiger partial charge on any atom is 0.191 e. The minimum Gasteiger partial charge on any atom is -0.357 e. The van der Waals surface area contributed by atoms with Gasteiger partial charge >= 0.3 is 0 Å². The Bertz CT molecular complexity index is 565. The van der Waals surface area contributed by atoms with Crippen molar-refractivity contribution in [3.8, 4) is 0 Å². The molecule has 1 aliphatic rings. The molecule has 1 heterocycles. The van der Waals surface area contributed by atoms with Crippen molar-refractivity contribution in [3.05, 3.63) is 16.1 Å². The van der Waals surface area contributed by atoms with E-state index in [-0.39, 0.29) is 24.0 Å². The van der Waals surface area contributed by atoms with Crippen LogP contribution in [0.4, 0.5) is 0 Å². The lowest BCUT2D eigenvalue weighted by atomic mass is 9.95. The largest absolute Gasteiger partial charge is 0.357 e. The van der Waals surface area contributed by atoms with Crippen molar-refractivity contribution in [1.29, 1.82) is 0 Å². The minimum atomic E-state index is -0.693. The first-order chi connectivity index (χ1) is 11.7. The van der Waals surface area contributed by atoms with Crippen molar-refractivity contribution >= 4 is 52.1 Å². The maximum absolute atomic E-state index is 12.1. The standard InChI is InChI=1S/C17H30N4OS2.HI/c1-4-16-20-14(12-23-16)11-19-17(18-5-2)21-13-8-7-9-15(10-13)24(22)6-3;/h12-13,15H,4-11H2,1-3H3,(H2,18,19,21);1H. The number of aliphatic imine (C=N–C) groups is 1. The molecule has 0 aromatic carbocycles. The molecule has 144 valence electrons. The van der Waals surface area contributed by atoms with Crippen LogP contribution in [0.5, 0.6) is 0 Å². The van der Waals surface area contributed by atoms with Gasteiger partial charge < -0.3 is 10.6 Å². The molecule has 3 atom stereocenters. The summed E-state index contributed by atoms with van der Waals surface area (Å²) >= 11 is 1.70. The van der Waals surface area contributed by atoms with E-state index in [1.54, 1.807) is 11.3 Å². The van der Waals surface area contributed by atoms with Crippen LogP contribution in [0.25, 0.3) is 0 Å². The molecular weight excluding hydrogens is 467 g/mol. The Morgan fingerprint density at radius 2 is 2.20 bits per heavy atom. The monoisotopic (exact) mass is 498 g/mol. The van der Waals surface area contributed by atoms with Crippen LogP contribution in [-0.2, 0) is 23.8 Å². The first-order valence-corrected chi connectivity index (χ1v) is 11.3. The molecule has 0 saturated heterocycles. The van der Waals surface area contributed by atoms with Crippen LogP contribution >= 0.6 is 35.3 Å². The Hall–Kier alpha value is -0.220. The highest BCUT2D eigenvalue weighted by Gasteiger charge is 2.26. The summed E-state index contributed by atoms with van der Waals surface area (Å²) in [5.74, 6) is 1.60. The molecule has 0 bridgehead atoms. The van der Waals surface area contributed by atoms with Crippen molar-refractivity contribution < 1.29 is 4.21 Å². The lowest BCUT2D eigenvalue weighted by Gasteiger charge is -2.30. The molecule has 1 fully saturated rings. The van der Waals surface area contributed by atoms with Gasteiger partial charge in [-0.05, 0) is 32.6 Å². The van der Waals surface area contributed by atoms with Crippen LogP contribution in [0.1, 0.15) is 57.2 Å². The zero-order valence-corrected chi connectivity index (χ0v) is 19.4. The summed E-state index contributed by atoms with van der Waals surface area (Å²) in [7, 11) is -0.693. The van der Waals surface area contributed by atoms with Gasteiger partial charge in [-0.1, -0.05) is 20.3 Å². The Balaban J connectivity index is 0.00000312. The van der Waals surface area contributed by atoms with Crippen LogP contribution in [0, 0.1) is 0 Å². The van der Waals surface area contributed by atoms with Crippen molar-refractivity contribution in [3.63, 3.8) is 0 Å². The second kappa shape index (κ2) is 12.2. The molecular formula is C17H31IN4OS2. The number of thiazole rings is 1. The van der Waals surface area contributed by atoms with Gasteiger partial charge in [-0.15, -0.1) is 35.3 Å². The lowest BCUT2D eigenvalue weighted by molar-refractivity contribution is 0.413. The van der Waals surface area contributed by atoms with Crippen molar-refractivity contribution in [2.45, 2.75) is 70.7 Å². The fourth-order valence-corrected chi connectivity index (χ4v) is 5.09. The van der Waals surface area contributed by atoms with Crippen LogP contribution in [-0.4, -0.2) is 38.7 Å². The zero-order chi connectivity index (χ0) is 17.4. The topological polar surface area (TPSA) is 66.4 Å². The maximum atomic E-state index is 12.1. The smallest absolute Gasteiger partial charge is 0.191 e. The molecule has 0 radical (unpaired) electrons. The lowest BCUT2D eigenvalue weighted by Crippen LogP contribution is -2.46. The van der Waals surface area contributed by atoms with E-state index in [0.717, 1.165) is 61.1 Å². The molecule has 2 N–H and O–H groups in total. The summed E-state index contributed by atoms with van der Waals surface area (Å²) in [6, 6.07) is 0.360. The second-order valence-electron chi connectivity index (χ2n) is 6.08. The predicted molar refractivity (Wildman–Crippen MR) is 120 cm³/mol. The van der Waals surface area contributed by atoms with Gasteiger partial charge in [-0.2, -0.15) is 0 Å². The number of guanidine groups is 1. The van der Waals surface area contributed by atoms with Gasteiger partial charge in [0.2, 0.25) is 0 Å². The second-order valence-corrected chi connectivity index (χ2v) is 9.03. The normalized spacial score (nSPS) is 22.1. The molecule has 1 saturated carbocycles. The summed E-state index contributed by atoms with van der Waals surface area (Å²) in [6.45, 7) is 7.64. The third-order valence-electron chi connectivity index (χ3n) is 4.27. The number of nitrogens with one attached hydrogen (secondary N) is 2. The molecule has 8 heteroatoms. The van der Waals surface area contributed by atoms with E-state index < -0.39 is 10.8 Å². The van der Waals surface area contributed by atoms with Crippen molar-refractivity contribution in [2.75, 3.05) is 12.3 Å².